The van der Waals surface area contributed by atoms with Gasteiger partial charge in [-0.2, -0.15) is 28.1 Å². The van der Waals surface area contributed by atoms with Crippen molar-refractivity contribution in [2.75, 3.05) is 25.6 Å². The van der Waals surface area contributed by atoms with Crippen LogP contribution in [0.4, 0.5) is 19.1 Å². The first-order valence-electron chi connectivity index (χ1n) is 4.55. The molecule has 9 heteroatoms. The van der Waals surface area contributed by atoms with Crippen molar-refractivity contribution in [3.8, 4) is 6.01 Å². The summed E-state index contributed by atoms with van der Waals surface area (Å²) in [5, 5.41) is -0.134. The quantitative estimate of drug-likeness (QED) is 0.837. The molecule has 1 aromatic rings. The maximum atomic E-state index is 12.0. The molecule has 0 fully saturated rings. The minimum absolute atomic E-state index is 0.0334. The van der Waals surface area contributed by atoms with Crippen LogP contribution in [0.3, 0.4) is 0 Å². The van der Waals surface area contributed by atoms with Crippen LogP contribution in [-0.4, -0.2) is 41.8 Å². The Morgan fingerprint density at radius 3 is 2.47 bits per heavy atom. The lowest BCUT2D eigenvalue weighted by atomic mass is 10.4. The number of nitrogens with zero attached hydrogens (tertiary/aromatic N) is 4. The molecular formula is C8H10ClF3N4O. The number of alkyl halides is 3. The van der Waals surface area contributed by atoms with E-state index in [1.54, 1.807) is 0 Å². The van der Waals surface area contributed by atoms with E-state index in [1.165, 1.54) is 19.1 Å². The van der Waals surface area contributed by atoms with E-state index in [0.29, 0.717) is 0 Å². The Morgan fingerprint density at radius 2 is 1.94 bits per heavy atom. The monoisotopic (exact) mass is 270 g/mol. The predicted octanol–water partition coefficient (Wildman–Crippen LogP) is 1.92. The van der Waals surface area contributed by atoms with Crippen LogP contribution in [0.5, 0.6) is 6.01 Å². The first-order chi connectivity index (χ1) is 7.81. The van der Waals surface area contributed by atoms with E-state index in [9.17, 15) is 13.2 Å². The van der Waals surface area contributed by atoms with Crippen LogP contribution >= 0.6 is 11.6 Å². The fourth-order valence-electron chi connectivity index (χ4n) is 0.978. The van der Waals surface area contributed by atoms with Gasteiger partial charge in [0.05, 0.1) is 13.5 Å². The molecule has 1 aromatic heterocycles. The fourth-order valence-corrected chi connectivity index (χ4v) is 1.13. The summed E-state index contributed by atoms with van der Waals surface area (Å²) in [5.74, 6) is 0.0334. The SMILES string of the molecule is COc1nc(Cl)nc(N(C)CCC(F)(F)F)n1. The number of rotatable bonds is 4. The average Bonchev–Trinajstić information content (AvgIpc) is 2.23. The Balaban J connectivity index is 2.74. The number of hydrogen-bond donors (Lipinski definition) is 0. The molecule has 0 unspecified atom stereocenters. The van der Waals surface area contributed by atoms with E-state index in [4.69, 9.17) is 16.3 Å². The molecule has 0 saturated heterocycles. The molecule has 0 bridgehead atoms. The number of hydrogen-bond acceptors (Lipinski definition) is 5. The van der Waals surface area contributed by atoms with Crippen LogP contribution in [0.15, 0.2) is 0 Å². The lowest BCUT2D eigenvalue weighted by Crippen LogP contribution is -2.26. The van der Waals surface area contributed by atoms with Crippen molar-refractivity contribution in [1.82, 2.24) is 15.0 Å². The third kappa shape index (κ3) is 4.59. The van der Waals surface area contributed by atoms with Gasteiger partial charge in [-0.1, -0.05) is 0 Å². The molecule has 0 N–H and O–H groups in total. The molecule has 96 valence electrons. The molecule has 17 heavy (non-hydrogen) atoms. The van der Waals surface area contributed by atoms with Crippen LogP contribution in [-0.2, 0) is 0 Å². The lowest BCUT2D eigenvalue weighted by molar-refractivity contribution is -0.132. The van der Waals surface area contributed by atoms with Gasteiger partial charge < -0.3 is 9.64 Å². The van der Waals surface area contributed by atoms with Crippen LogP contribution in [0.2, 0.25) is 5.28 Å². The van der Waals surface area contributed by atoms with Gasteiger partial charge in [-0.15, -0.1) is 0 Å². The van der Waals surface area contributed by atoms with E-state index < -0.39 is 12.6 Å². The molecule has 0 aliphatic carbocycles. The van der Waals surface area contributed by atoms with E-state index >= 15 is 0 Å². The Labute approximate surface area is 101 Å². The lowest BCUT2D eigenvalue weighted by Gasteiger charge is -2.17. The zero-order chi connectivity index (χ0) is 13.1. The minimum atomic E-state index is -4.23. The summed E-state index contributed by atoms with van der Waals surface area (Å²) >= 11 is 5.57. The maximum Gasteiger partial charge on any atom is 0.390 e. The van der Waals surface area contributed by atoms with Crippen LogP contribution in [0.1, 0.15) is 6.42 Å². The Morgan fingerprint density at radius 1 is 1.29 bits per heavy atom. The smallest absolute Gasteiger partial charge is 0.390 e. The Kier molecular flexibility index (Phi) is 4.33. The number of methoxy groups -OCH3 is 1. The van der Waals surface area contributed by atoms with E-state index in [0.717, 1.165) is 0 Å². The van der Waals surface area contributed by atoms with Gasteiger partial charge >= 0.3 is 12.2 Å². The van der Waals surface area contributed by atoms with E-state index in [2.05, 4.69) is 15.0 Å². The van der Waals surface area contributed by atoms with Crippen molar-refractivity contribution < 1.29 is 17.9 Å². The summed E-state index contributed by atoms with van der Waals surface area (Å²) in [6, 6.07) is -0.0427. The largest absolute Gasteiger partial charge is 0.467 e. The van der Waals surface area contributed by atoms with Gasteiger partial charge in [-0.05, 0) is 11.6 Å². The first-order valence-corrected chi connectivity index (χ1v) is 4.93. The molecule has 0 aromatic carbocycles. The van der Waals surface area contributed by atoms with Gasteiger partial charge in [-0.3, -0.25) is 0 Å². The van der Waals surface area contributed by atoms with Crippen LogP contribution in [0, 0.1) is 0 Å². The molecule has 0 atom stereocenters. The highest BCUT2D eigenvalue weighted by Crippen LogP contribution is 2.21. The van der Waals surface area contributed by atoms with Crippen LogP contribution in [0.25, 0.3) is 0 Å². The highest BCUT2D eigenvalue weighted by atomic mass is 35.5. The fraction of sp³-hybridized carbons (Fsp3) is 0.625. The first kappa shape index (κ1) is 13.8. The third-order valence-corrected chi connectivity index (χ3v) is 2.00. The maximum absolute atomic E-state index is 12.0. The minimum Gasteiger partial charge on any atom is -0.467 e. The summed E-state index contributed by atoms with van der Waals surface area (Å²) in [6.07, 6.45) is -5.19. The second-order valence-corrected chi connectivity index (χ2v) is 3.52. The van der Waals surface area contributed by atoms with Gasteiger partial charge in [0.25, 0.3) is 0 Å². The number of halogens is 4. The number of ether oxygens (including phenoxy) is 1. The second-order valence-electron chi connectivity index (χ2n) is 3.18. The van der Waals surface area contributed by atoms with Crippen molar-refractivity contribution in [2.24, 2.45) is 0 Å². The molecule has 1 rings (SSSR count). The second kappa shape index (κ2) is 5.35. The third-order valence-electron chi connectivity index (χ3n) is 1.83. The highest BCUT2D eigenvalue weighted by molar-refractivity contribution is 6.28. The topological polar surface area (TPSA) is 51.1 Å². The van der Waals surface area contributed by atoms with Gasteiger partial charge in [-0.25, -0.2) is 0 Å². The van der Waals surface area contributed by atoms with Crippen molar-refractivity contribution in [2.45, 2.75) is 12.6 Å². The standard InChI is InChI=1S/C8H10ClF3N4O/c1-16(4-3-8(10,11)12)6-13-5(9)14-7(15-6)17-2/h3-4H2,1-2H3. The number of aromatic nitrogens is 3. The zero-order valence-electron chi connectivity index (χ0n) is 9.12. The van der Waals surface area contributed by atoms with E-state index in [1.807, 2.05) is 0 Å². The number of anilines is 1. The van der Waals surface area contributed by atoms with E-state index in [-0.39, 0.29) is 23.8 Å². The van der Waals surface area contributed by atoms with Crippen LogP contribution < -0.4 is 9.64 Å². The molecule has 0 radical (unpaired) electrons. The summed E-state index contributed by atoms with van der Waals surface area (Å²) in [5.41, 5.74) is 0. The highest BCUT2D eigenvalue weighted by Gasteiger charge is 2.27. The summed E-state index contributed by atoms with van der Waals surface area (Å²) < 4.78 is 40.8. The van der Waals surface area contributed by atoms with Gasteiger partial charge in [0.2, 0.25) is 11.2 Å². The molecule has 0 saturated carbocycles. The molecule has 0 aliphatic rings. The molecular weight excluding hydrogens is 261 g/mol. The molecule has 0 spiro atoms. The summed E-state index contributed by atoms with van der Waals surface area (Å²) in [6.45, 7) is -0.271. The average molecular weight is 271 g/mol. The van der Waals surface area contributed by atoms with Gasteiger partial charge in [0.1, 0.15) is 0 Å². The zero-order valence-corrected chi connectivity index (χ0v) is 9.88. The molecule has 5 nitrogen and oxygen atoms in total. The Hall–Kier alpha value is -1.31. The molecule has 0 aliphatic heterocycles. The predicted molar refractivity (Wildman–Crippen MR) is 55.3 cm³/mol. The van der Waals surface area contributed by atoms with Gasteiger partial charge in [0.15, 0.2) is 0 Å². The van der Waals surface area contributed by atoms with Crippen molar-refractivity contribution >= 4 is 17.5 Å². The van der Waals surface area contributed by atoms with Crippen molar-refractivity contribution in [1.29, 1.82) is 0 Å². The molecule has 0 amide bonds. The Bertz CT molecular complexity index is 388. The van der Waals surface area contributed by atoms with Crippen molar-refractivity contribution in [3.63, 3.8) is 0 Å². The summed E-state index contributed by atoms with van der Waals surface area (Å²) in [7, 11) is 2.75. The van der Waals surface area contributed by atoms with Crippen molar-refractivity contribution in [3.05, 3.63) is 5.28 Å². The summed E-state index contributed by atoms with van der Waals surface area (Å²) in [4.78, 5) is 12.3. The molecule has 1 heterocycles. The normalized spacial score (nSPS) is 11.4. The van der Waals surface area contributed by atoms with Gasteiger partial charge in [0, 0.05) is 13.6 Å².